The van der Waals surface area contributed by atoms with E-state index in [9.17, 15) is 9.59 Å². The Morgan fingerprint density at radius 2 is 2.06 bits per heavy atom. The third-order valence-electron chi connectivity index (χ3n) is 2.99. The second-order valence-corrected chi connectivity index (χ2v) is 4.46. The maximum absolute atomic E-state index is 11.8. The lowest BCUT2D eigenvalue weighted by molar-refractivity contribution is -0.149. The quantitative estimate of drug-likeness (QED) is 0.828. The Morgan fingerprint density at radius 3 is 2.83 bits per heavy atom. The molecule has 1 unspecified atom stereocenters. The van der Waals surface area contributed by atoms with E-state index in [0.717, 1.165) is 18.4 Å². The molecule has 1 fully saturated rings. The highest BCUT2D eigenvalue weighted by Gasteiger charge is 2.24. The van der Waals surface area contributed by atoms with Crippen molar-refractivity contribution < 1.29 is 14.3 Å². The van der Waals surface area contributed by atoms with Gasteiger partial charge in [0.15, 0.2) is 0 Å². The van der Waals surface area contributed by atoms with E-state index < -0.39 is 6.04 Å². The van der Waals surface area contributed by atoms with Gasteiger partial charge >= 0.3 is 5.97 Å². The minimum absolute atomic E-state index is 0.0610. The predicted octanol–water partition coefficient (Wildman–Crippen LogP) is 1.79. The summed E-state index contributed by atoms with van der Waals surface area (Å²) in [5.41, 5.74) is 0.950. The molecule has 96 valence electrons. The second-order valence-electron chi connectivity index (χ2n) is 4.46. The lowest BCUT2D eigenvalue weighted by Gasteiger charge is -2.14. The van der Waals surface area contributed by atoms with Gasteiger partial charge in [0, 0.05) is 6.42 Å². The van der Waals surface area contributed by atoms with E-state index in [4.69, 9.17) is 4.74 Å². The second kappa shape index (κ2) is 6.19. The first-order valence-electron chi connectivity index (χ1n) is 6.25. The molecule has 0 spiro atoms. The first kappa shape index (κ1) is 12.6. The first-order valence-corrected chi connectivity index (χ1v) is 6.25. The molecule has 0 aromatic heterocycles. The summed E-state index contributed by atoms with van der Waals surface area (Å²) in [6.45, 7) is 0.256. The summed E-state index contributed by atoms with van der Waals surface area (Å²) < 4.78 is 5.22. The van der Waals surface area contributed by atoms with E-state index in [1.54, 1.807) is 0 Å². The van der Waals surface area contributed by atoms with Crippen molar-refractivity contribution in [3.63, 3.8) is 0 Å². The summed E-state index contributed by atoms with van der Waals surface area (Å²) in [7, 11) is 0. The molecule has 1 aromatic rings. The van der Waals surface area contributed by atoms with Crippen LogP contribution in [-0.2, 0) is 20.9 Å². The average Bonchev–Trinajstić information content (AvgIpc) is 2.62. The van der Waals surface area contributed by atoms with Crippen LogP contribution in [0.1, 0.15) is 31.2 Å². The summed E-state index contributed by atoms with van der Waals surface area (Å²) in [5.74, 6) is -0.400. The Bertz CT molecular complexity index is 416. The van der Waals surface area contributed by atoms with E-state index in [1.807, 2.05) is 30.3 Å². The van der Waals surface area contributed by atoms with Gasteiger partial charge in [-0.2, -0.15) is 0 Å². The number of carbonyl (C=O) groups is 2. The van der Waals surface area contributed by atoms with Crippen LogP contribution >= 0.6 is 0 Å². The molecule has 1 saturated heterocycles. The zero-order valence-electron chi connectivity index (χ0n) is 10.2. The fraction of sp³-hybridized carbons (Fsp3) is 0.429. The number of benzene rings is 1. The highest BCUT2D eigenvalue weighted by Crippen LogP contribution is 2.11. The van der Waals surface area contributed by atoms with Gasteiger partial charge in [-0.1, -0.05) is 36.8 Å². The summed E-state index contributed by atoms with van der Waals surface area (Å²) in [6, 6.07) is 9.03. The van der Waals surface area contributed by atoms with Crippen LogP contribution < -0.4 is 5.32 Å². The van der Waals surface area contributed by atoms with Gasteiger partial charge in [-0.05, 0) is 18.4 Å². The Labute approximate surface area is 106 Å². The van der Waals surface area contributed by atoms with Gasteiger partial charge in [-0.15, -0.1) is 0 Å². The minimum Gasteiger partial charge on any atom is -0.459 e. The molecule has 0 bridgehead atoms. The van der Waals surface area contributed by atoms with Crippen LogP contribution in [0.4, 0.5) is 0 Å². The van der Waals surface area contributed by atoms with Crippen molar-refractivity contribution in [2.45, 2.75) is 38.3 Å². The SMILES string of the molecule is O=C1CCCCC(C(=O)OCc2ccccc2)N1. The van der Waals surface area contributed by atoms with Crippen molar-refractivity contribution in [1.82, 2.24) is 5.32 Å². The number of carbonyl (C=O) groups excluding carboxylic acids is 2. The third kappa shape index (κ3) is 3.58. The van der Waals surface area contributed by atoms with Crippen molar-refractivity contribution in [2.75, 3.05) is 0 Å². The van der Waals surface area contributed by atoms with Gasteiger partial charge in [0.05, 0.1) is 0 Å². The van der Waals surface area contributed by atoms with Crippen molar-refractivity contribution in [2.24, 2.45) is 0 Å². The molecule has 1 aliphatic rings. The fourth-order valence-electron chi connectivity index (χ4n) is 1.98. The highest BCUT2D eigenvalue weighted by molar-refractivity contribution is 5.84. The van der Waals surface area contributed by atoms with E-state index in [0.29, 0.717) is 12.8 Å². The lowest BCUT2D eigenvalue weighted by atomic mass is 10.1. The van der Waals surface area contributed by atoms with Crippen LogP contribution in [0, 0.1) is 0 Å². The number of nitrogens with one attached hydrogen (secondary N) is 1. The molecule has 1 aromatic carbocycles. The molecule has 0 saturated carbocycles. The molecular weight excluding hydrogens is 230 g/mol. The van der Waals surface area contributed by atoms with Crippen molar-refractivity contribution in [1.29, 1.82) is 0 Å². The molecule has 1 aliphatic heterocycles. The Balaban J connectivity index is 1.85. The molecule has 1 heterocycles. The van der Waals surface area contributed by atoms with E-state index in [2.05, 4.69) is 5.32 Å². The van der Waals surface area contributed by atoms with Crippen molar-refractivity contribution in [3.8, 4) is 0 Å². The number of esters is 1. The van der Waals surface area contributed by atoms with Crippen molar-refractivity contribution >= 4 is 11.9 Å². The molecular formula is C14H17NO3. The van der Waals surface area contributed by atoms with Gasteiger partial charge in [0.25, 0.3) is 0 Å². The van der Waals surface area contributed by atoms with Gasteiger partial charge in [-0.3, -0.25) is 4.79 Å². The molecule has 0 aliphatic carbocycles. The summed E-state index contributed by atoms with van der Waals surface area (Å²) in [4.78, 5) is 23.2. The average molecular weight is 247 g/mol. The number of hydrogen-bond donors (Lipinski definition) is 1. The largest absolute Gasteiger partial charge is 0.459 e. The van der Waals surface area contributed by atoms with Crippen LogP contribution in [0.2, 0.25) is 0 Å². The smallest absolute Gasteiger partial charge is 0.328 e. The molecule has 0 radical (unpaired) electrons. The zero-order chi connectivity index (χ0) is 12.8. The third-order valence-corrected chi connectivity index (χ3v) is 2.99. The molecule has 1 N–H and O–H groups in total. The van der Waals surface area contributed by atoms with Gasteiger partial charge in [0.1, 0.15) is 12.6 Å². The van der Waals surface area contributed by atoms with Gasteiger partial charge in [-0.25, -0.2) is 4.79 Å². The molecule has 4 nitrogen and oxygen atoms in total. The number of rotatable bonds is 3. The van der Waals surface area contributed by atoms with Crippen LogP contribution in [0.5, 0.6) is 0 Å². The molecule has 1 amide bonds. The van der Waals surface area contributed by atoms with Crippen LogP contribution in [0.3, 0.4) is 0 Å². The van der Waals surface area contributed by atoms with Crippen molar-refractivity contribution in [3.05, 3.63) is 35.9 Å². The Hall–Kier alpha value is -1.84. The predicted molar refractivity (Wildman–Crippen MR) is 66.6 cm³/mol. The van der Waals surface area contributed by atoms with Gasteiger partial charge in [0.2, 0.25) is 5.91 Å². The first-order chi connectivity index (χ1) is 8.75. The highest BCUT2D eigenvalue weighted by atomic mass is 16.5. The number of amides is 1. The fourth-order valence-corrected chi connectivity index (χ4v) is 1.98. The summed E-state index contributed by atoms with van der Waals surface area (Å²) in [6.07, 6.45) is 2.89. The van der Waals surface area contributed by atoms with Crippen LogP contribution in [0.15, 0.2) is 30.3 Å². The van der Waals surface area contributed by atoms with E-state index in [1.165, 1.54) is 0 Å². The molecule has 1 atom stereocenters. The molecule has 18 heavy (non-hydrogen) atoms. The molecule has 2 rings (SSSR count). The Morgan fingerprint density at radius 1 is 1.28 bits per heavy atom. The van der Waals surface area contributed by atoms with E-state index >= 15 is 0 Å². The van der Waals surface area contributed by atoms with Crippen LogP contribution in [-0.4, -0.2) is 17.9 Å². The normalized spacial score (nSPS) is 19.8. The van der Waals surface area contributed by atoms with Gasteiger partial charge < -0.3 is 10.1 Å². The monoisotopic (exact) mass is 247 g/mol. The zero-order valence-corrected chi connectivity index (χ0v) is 10.2. The number of ether oxygens (including phenoxy) is 1. The minimum atomic E-state index is -0.483. The standard InChI is InChI=1S/C14H17NO3/c16-13-9-5-4-8-12(15-13)14(17)18-10-11-6-2-1-3-7-11/h1-3,6-7,12H,4-5,8-10H2,(H,15,16). The maximum Gasteiger partial charge on any atom is 0.328 e. The number of hydrogen-bond acceptors (Lipinski definition) is 3. The Kier molecular flexibility index (Phi) is 4.34. The lowest BCUT2D eigenvalue weighted by Crippen LogP contribution is -2.40. The summed E-state index contributed by atoms with van der Waals surface area (Å²) in [5, 5.41) is 2.70. The molecule has 4 heteroatoms. The van der Waals surface area contributed by atoms with Crippen LogP contribution in [0.25, 0.3) is 0 Å². The van der Waals surface area contributed by atoms with E-state index in [-0.39, 0.29) is 18.5 Å². The summed E-state index contributed by atoms with van der Waals surface area (Å²) >= 11 is 0. The topological polar surface area (TPSA) is 55.4 Å². The maximum atomic E-state index is 11.8.